The van der Waals surface area contributed by atoms with Crippen molar-refractivity contribution in [2.75, 3.05) is 32.5 Å². The summed E-state index contributed by atoms with van der Waals surface area (Å²) >= 11 is 0. The summed E-state index contributed by atoms with van der Waals surface area (Å²) in [5, 5.41) is 6.18. The van der Waals surface area contributed by atoms with Crippen molar-refractivity contribution >= 4 is 41.7 Å². The molecule has 1 fully saturated rings. The molecule has 0 radical (unpaired) electrons. The second-order valence-electron chi connectivity index (χ2n) is 7.78. The predicted molar refractivity (Wildman–Crippen MR) is 135 cm³/mol. The first-order chi connectivity index (χ1) is 15.3. The summed E-state index contributed by atoms with van der Waals surface area (Å²) in [6.07, 6.45) is -2.27. The lowest BCUT2D eigenvalue weighted by atomic mass is 10.1. The number of carbonyl (C=O) groups excluding carboxylic acids is 1. The van der Waals surface area contributed by atoms with Gasteiger partial charge >= 0.3 is 12.2 Å². The lowest BCUT2D eigenvalue weighted by molar-refractivity contribution is -0.137. The topological polar surface area (TPSA) is 60.0 Å². The molecule has 0 atom stereocenters. The first-order valence-electron chi connectivity index (χ1n) is 10.5. The SMILES string of the molecule is CN=C(NCc1cccc(NC(=O)N2CCCC2)c1)N(C)Cc1ccc(C(F)(F)F)cc1.I. The predicted octanol–water partition coefficient (Wildman–Crippen LogP) is 5.16. The maximum atomic E-state index is 12.7. The molecule has 0 aromatic heterocycles. The van der Waals surface area contributed by atoms with E-state index in [4.69, 9.17) is 0 Å². The number of hydrogen-bond acceptors (Lipinski definition) is 2. The molecule has 3 rings (SSSR count). The summed E-state index contributed by atoms with van der Waals surface area (Å²) in [6, 6.07) is 12.6. The van der Waals surface area contributed by atoms with Gasteiger partial charge in [0.25, 0.3) is 0 Å². The third-order valence-corrected chi connectivity index (χ3v) is 5.30. The molecule has 10 heteroatoms. The van der Waals surface area contributed by atoms with E-state index in [1.165, 1.54) is 12.1 Å². The summed E-state index contributed by atoms with van der Waals surface area (Å²) in [6.45, 7) is 2.46. The first kappa shape index (κ1) is 26.7. The fourth-order valence-corrected chi connectivity index (χ4v) is 3.60. The second kappa shape index (κ2) is 12.1. The van der Waals surface area contributed by atoms with Crippen LogP contribution in [-0.2, 0) is 19.3 Å². The number of halogens is 4. The quantitative estimate of drug-likeness (QED) is 0.295. The van der Waals surface area contributed by atoms with Gasteiger partial charge in [-0.1, -0.05) is 24.3 Å². The number of amides is 2. The Labute approximate surface area is 209 Å². The van der Waals surface area contributed by atoms with Crippen LogP contribution in [0.5, 0.6) is 0 Å². The van der Waals surface area contributed by atoms with Gasteiger partial charge in [0.15, 0.2) is 5.96 Å². The molecule has 0 aliphatic carbocycles. The third kappa shape index (κ3) is 7.79. The second-order valence-corrected chi connectivity index (χ2v) is 7.78. The normalized spacial score (nSPS) is 14.0. The average molecular weight is 575 g/mol. The molecule has 33 heavy (non-hydrogen) atoms. The monoisotopic (exact) mass is 575 g/mol. The Kier molecular flexibility index (Phi) is 9.81. The van der Waals surface area contributed by atoms with Crippen LogP contribution in [0.15, 0.2) is 53.5 Å². The number of carbonyl (C=O) groups is 1. The van der Waals surface area contributed by atoms with Crippen LogP contribution in [0, 0.1) is 0 Å². The molecule has 180 valence electrons. The molecule has 1 aliphatic rings. The minimum atomic E-state index is -4.34. The summed E-state index contributed by atoms with van der Waals surface area (Å²) in [4.78, 5) is 20.2. The Morgan fingerprint density at radius 1 is 1.09 bits per heavy atom. The van der Waals surface area contributed by atoms with Crippen LogP contribution in [-0.4, -0.2) is 49.0 Å². The summed E-state index contributed by atoms with van der Waals surface area (Å²) in [5.74, 6) is 0.608. The average Bonchev–Trinajstić information content (AvgIpc) is 3.29. The van der Waals surface area contributed by atoms with Crippen molar-refractivity contribution < 1.29 is 18.0 Å². The van der Waals surface area contributed by atoms with Crippen molar-refractivity contribution in [3.8, 4) is 0 Å². The van der Waals surface area contributed by atoms with Gasteiger partial charge in [0, 0.05) is 46.0 Å². The largest absolute Gasteiger partial charge is 0.416 e. The zero-order valence-electron chi connectivity index (χ0n) is 18.7. The van der Waals surface area contributed by atoms with Gasteiger partial charge < -0.3 is 20.4 Å². The van der Waals surface area contributed by atoms with E-state index < -0.39 is 11.7 Å². The van der Waals surface area contributed by atoms with E-state index in [9.17, 15) is 18.0 Å². The number of anilines is 1. The molecule has 2 N–H and O–H groups in total. The lowest BCUT2D eigenvalue weighted by Crippen LogP contribution is -2.38. The Hall–Kier alpha value is -2.50. The summed E-state index contributed by atoms with van der Waals surface area (Å²) in [5.41, 5.74) is 1.78. The highest BCUT2D eigenvalue weighted by Crippen LogP contribution is 2.29. The van der Waals surface area contributed by atoms with E-state index in [1.807, 2.05) is 41.1 Å². The minimum Gasteiger partial charge on any atom is -0.352 e. The van der Waals surface area contributed by atoms with E-state index >= 15 is 0 Å². The maximum Gasteiger partial charge on any atom is 0.416 e. The minimum absolute atomic E-state index is 0. The number of alkyl halides is 3. The number of guanidine groups is 1. The molecule has 2 aromatic carbocycles. The van der Waals surface area contributed by atoms with Crippen molar-refractivity contribution in [1.29, 1.82) is 0 Å². The molecule has 2 amide bonds. The number of urea groups is 1. The molecule has 6 nitrogen and oxygen atoms in total. The van der Waals surface area contributed by atoms with Gasteiger partial charge in [-0.3, -0.25) is 4.99 Å². The van der Waals surface area contributed by atoms with Gasteiger partial charge in [-0.25, -0.2) is 4.79 Å². The van der Waals surface area contributed by atoms with E-state index in [0.717, 1.165) is 54.9 Å². The van der Waals surface area contributed by atoms with Gasteiger partial charge in [-0.15, -0.1) is 24.0 Å². The maximum absolute atomic E-state index is 12.7. The smallest absolute Gasteiger partial charge is 0.352 e. The molecule has 1 aliphatic heterocycles. The third-order valence-electron chi connectivity index (χ3n) is 5.30. The molecular formula is C23H29F3IN5O. The van der Waals surface area contributed by atoms with Gasteiger partial charge in [-0.05, 0) is 48.2 Å². The van der Waals surface area contributed by atoms with Gasteiger partial charge in [0.05, 0.1) is 5.56 Å². The number of rotatable bonds is 5. The van der Waals surface area contributed by atoms with E-state index in [2.05, 4.69) is 15.6 Å². The highest BCUT2D eigenvalue weighted by molar-refractivity contribution is 14.0. The molecular weight excluding hydrogens is 546 g/mol. The van der Waals surface area contributed by atoms with E-state index in [1.54, 1.807) is 7.05 Å². The van der Waals surface area contributed by atoms with Crippen LogP contribution in [0.25, 0.3) is 0 Å². The van der Waals surface area contributed by atoms with Crippen LogP contribution >= 0.6 is 24.0 Å². The van der Waals surface area contributed by atoms with E-state index in [0.29, 0.717) is 19.0 Å². The zero-order chi connectivity index (χ0) is 23.1. The van der Waals surface area contributed by atoms with Crippen LogP contribution < -0.4 is 10.6 Å². The summed E-state index contributed by atoms with van der Waals surface area (Å²) < 4.78 is 38.2. The van der Waals surface area contributed by atoms with Gasteiger partial charge in [0.2, 0.25) is 0 Å². The van der Waals surface area contributed by atoms with Crippen molar-refractivity contribution in [2.24, 2.45) is 4.99 Å². The van der Waals surface area contributed by atoms with Crippen LogP contribution in [0.3, 0.4) is 0 Å². The number of benzene rings is 2. The lowest BCUT2D eigenvalue weighted by Gasteiger charge is -2.22. The Balaban J connectivity index is 0.00000385. The van der Waals surface area contributed by atoms with Gasteiger partial charge in [-0.2, -0.15) is 13.2 Å². The van der Waals surface area contributed by atoms with Crippen LogP contribution in [0.2, 0.25) is 0 Å². The highest BCUT2D eigenvalue weighted by atomic mass is 127. The number of likely N-dealkylation sites (tertiary alicyclic amines) is 1. The van der Waals surface area contributed by atoms with Gasteiger partial charge in [0.1, 0.15) is 0 Å². The van der Waals surface area contributed by atoms with Crippen LogP contribution in [0.1, 0.15) is 29.5 Å². The zero-order valence-corrected chi connectivity index (χ0v) is 21.0. The standard InChI is InChI=1S/C23H28F3N5O.HI/c1-27-21(30(2)16-17-8-10-19(11-9-17)23(24,25)26)28-15-18-6-5-7-20(14-18)29-22(32)31-12-3-4-13-31;/h5-11,14H,3-4,12-13,15-16H2,1-2H3,(H,27,28)(H,29,32);1H. The number of nitrogens with one attached hydrogen (secondary N) is 2. The molecule has 1 saturated heterocycles. The number of aliphatic imine (C=N–C) groups is 1. The van der Waals surface area contributed by atoms with Crippen molar-refractivity contribution in [3.63, 3.8) is 0 Å². The Morgan fingerprint density at radius 3 is 2.36 bits per heavy atom. The number of nitrogens with zero attached hydrogens (tertiary/aromatic N) is 3. The molecule has 0 spiro atoms. The first-order valence-corrected chi connectivity index (χ1v) is 10.5. The highest BCUT2D eigenvalue weighted by Gasteiger charge is 2.30. The number of hydrogen-bond donors (Lipinski definition) is 2. The van der Waals surface area contributed by atoms with Crippen molar-refractivity contribution in [1.82, 2.24) is 15.1 Å². The molecule has 1 heterocycles. The fraction of sp³-hybridized carbons (Fsp3) is 0.391. The van der Waals surface area contributed by atoms with Crippen molar-refractivity contribution in [3.05, 3.63) is 65.2 Å². The Bertz CT molecular complexity index is 944. The summed E-state index contributed by atoms with van der Waals surface area (Å²) in [7, 11) is 3.47. The van der Waals surface area contributed by atoms with E-state index in [-0.39, 0.29) is 30.0 Å². The molecule has 0 bridgehead atoms. The fourth-order valence-electron chi connectivity index (χ4n) is 3.60. The Morgan fingerprint density at radius 2 is 1.76 bits per heavy atom. The molecule has 2 aromatic rings. The van der Waals surface area contributed by atoms with Crippen LogP contribution in [0.4, 0.5) is 23.7 Å². The molecule has 0 unspecified atom stereocenters. The molecule has 0 saturated carbocycles. The van der Waals surface area contributed by atoms with Crippen molar-refractivity contribution in [2.45, 2.75) is 32.1 Å².